The molecule has 0 aromatic heterocycles. The number of likely N-dealkylation sites (N-methyl/N-ethyl adjacent to an activating group) is 1. The zero-order valence-electron chi connectivity index (χ0n) is 6.99. The molecule has 0 radical (unpaired) electrons. The molecule has 0 aliphatic rings. The fourth-order valence-electron chi connectivity index (χ4n) is 0.550. The summed E-state index contributed by atoms with van der Waals surface area (Å²) in [6.45, 7) is 8.77. The summed E-state index contributed by atoms with van der Waals surface area (Å²) < 4.78 is 0. The van der Waals surface area contributed by atoms with E-state index in [4.69, 9.17) is 0 Å². The van der Waals surface area contributed by atoms with Crippen LogP contribution in [0.4, 0.5) is 0 Å². The van der Waals surface area contributed by atoms with Crippen LogP contribution in [0.25, 0.3) is 0 Å². The maximum Gasteiger partial charge on any atom is 0.148 e. The van der Waals surface area contributed by atoms with Gasteiger partial charge in [0.25, 0.3) is 0 Å². The summed E-state index contributed by atoms with van der Waals surface area (Å²) in [5.74, 6) is 0.720. The third kappa shape index (κ3) is 3.35. The SMILES string of the molecule is C=CN=C(/C=C\C)N(C)N=C. The first kappa shape index (κ1) is 9.62. The van der Waals surface area contributed by atoms with Crippen molar-refractivity contribution < 1.29 is 0 Å². The molecule has 0 atom stereocenters. The first-order chi connectivity index (χ1) is 5.26. The Morgan fingerprint density at radius 3 is 2.55 bits per heavy atom. The van der Waals surface area contributed by atoms with Gasteiger partial charge in [0.2, 0.25) is 0 Å². The standard InChI is InChI=1S/C8H13N3/c1-5-7-8(10-6-2)11(4)9-3/h5-7H,2-3H2,1,4H3/b7-5-,10-8?. The maximum absolute atomic E-state index is 3.97. The Hall–Kier alpha value is -1.38. The normalized spacial score (nSPS) is 11.6. The van der Waals surface area contributed by atoms with Gasteiger partial charge in [-0.25, -0.2) is 4.99 Å². The van der Waals surface area contributed by atoms with Crippen LogP contribution in [0, 0.1) is 0 Å². The monoisotopic (exact) mass is 151 g/mol. The van der Waals surface area contributed by atoms with E-state index in [1.165, 1.54) is 6.20 Å². The quantitative estimate of drug-likeness (QED) is 0.342. The Balaban J connectivity index is 4.45. The molecule has 0 heterocycles. The molecule has 0 aliphatic carbocycles. The summed E-state index contributed by atoms with van der Waals surface area (Å²) in [5.41, 5.74) is 0. The van der Waals surface area contributed by atoms with Crippen molar-refractivity contribution in [3.63, 3.8) is 0 Å². The van der Waals surface area contributed by atoms with Crippen molar-refractivity contribution in [3.8, 4) is 0 Å². The predicted molar refractivity (Wildman–Crippen MR) is 49.8 cm³/mol. The molecule has 60 valence electrons. The maximum atomic E-state index is 3.97. The average Bonchev–Trinajstić information content (AvgIpc) is 2.03. The van der Waals surface area contributed by atoms with Crippen molar-refractivity contribution in [3.05, 3.63) is 24.9 Å². The molecule has 0 rings (SSSR count). The van der Waals surface area contributed by atoms with Gasteiger partial charge in [-0.15, -0.1) is 0 Å². The van der Waals surface area contributed by atoms with Gasteiger partial charge < -0.3 is 0 Å². The summed E-state index contributed by atoms with van der Waals surface area (Å²) in [6.07, 6.45) is 5.18. The molecule has 0 N–H and O–H groups in total. The average molecular weight is 151 g/mol. The lowest BCUT2D eigenvalue weighted by Gasteiger charge is -2.09. The number of aliphatic imine (C=N–C) groups is 1. The summed E-state index contributed by atoms with van der Waals surface area (Å²) in [4.78, 5) is 3.97. The summed E-state index contributed by atoms with van der Waals surface area (Å²) >= 11 is 0. The van der Waals surface area contributed by atoms with Crippen LogP contribution in [0.2, 0.25) is 0 Å². The van der Waals surface area contributed by atoms with Gasteiger partial charge in [-0.1, -0.05) is 12.7 Å². The molecule has 0 unspecified atom stereocenters. The van der Waals surface area contributed by atoms with Crippen molar-refractivity contribution in [2.45, 2.75) is 6.92 Å². The van der Waals surface area contributed by atoms with E-state index in [2.05, 4.69) is 23.4 Å². The molecule has 0 saturated heterocycles. The molecular weight excluding hydrogens is 138 g/mol. The first-order valence-corrected chi connectivity index (χ1v) is 3.28. The molecule has 3 nitrogen and oxygen atoms in total. The zero-order chi connectivity index (χ0) is 8.69. The van der Waals surface area contributed by atoms with E-state index in [0.29, 0.717) is 0 Å². The van der Waals surface area contributed by atoms with Gasteiger partial charge in [0, 0.05) is 20.0 Å². The van der Waals surface area contributed by atoms with E-state index >= 15 is 0 Å². The number of allylic oxidation sites excluding steroid dienone is 1. The van der Waals surface area contributed by atoms with Gasteiger partial charge >= 0.3 is 0 Å². The number of hydrogen-bond acceptors (Lipinski definition) is 2. The van der Waals surface area contributed by atoms with Crippen molar-refractivity contribution >= 4 is 12.6 Å². The van der Waals surface area contributed by atoms with E-state index in [9.17, 15) is 0 Å². The molecule has 0 bridgehead atoms. The third-order valence-corrected chi connectivity index (χ3v) is 1.08. The molecule has 0 aromatic rings. The minimum atomic E-state index is 0.720. The van der Waals surface area contributed by atoms with Crippen molar-refractivity contribution in [2.24, 2.45) is 10.1 Å². The highest BCUT2D eigenvalue weighted by atomic mass is 15.4. The summed E-state index contributed by atoms with van der Waals surface area (Å²) in [7, 11) is 1.77. The van der Waals surface area contributed by atoms with Crippen LogP contribution in [0.15, 0.2) is 35.0 Å². The third-order valence-electron chi connectivity index (χ3n) is 1.08. The summed E-state index contributed by atoms with van der Waals surface area (Å²) in [5, 5.41) is 5.25. The van der Waals surface area contributed by atoms with E-state index < -0.39 is 0 Å². The first-order valence-electron chi connectivity index (χ1n) is 3.28. The highest BCUT2D eigenvalue weighted by Gasteiger charge is 1.95. The number of hydrogen-bond donors (Lipinski definition) is 0. The second kappa shape index (κ2) is 5.41. The molecule has 0 fully saturated rings. The topological polar surface area (TPSA) is 28.0 Å². The molecule has 0 amide bonds. The Morgan fingerprint density at radius 2 is 2.18 bits per heavy atom. The summed E-state index contributed by atoms with van der Waals surface area (Å²) in [6, 6.07) is 0. The van der Waals surface area contributed by atoms with Crippen molar-refractivity contribution in [2.75, 3.05) is 7.05 Å². The van der Waals surface area contributed by atoms with Crippen LogP contribution in [-0.4, -0.2) is 24.6 Å². The number of amidine groups is 1. The van der Waals surface area contributed by atoms with Gasteiger partial charge in [0.05, 0.1) is 0 Å². The highest BCUT2D eigenvalue weighted by Crippen LogP contribution is 1.91. The smallest absolute Gasteiger partial charge is 0.148 e. The van der Waals surface area contributed by atoms with Crippen molar-refractivity contribution in [1.29, 1.82) is 0 Å². The number of rotatable bonds is 3. The van der Waals surface area contributed by atoms with Crippen LogP contribution in [-0.2, 0) is 0 Å². The highest BCUT2D eigenvalue weighted by molar-refractivity contribution is 5.93. The second-order valence-corrected chi connectivity index (χ2v) is 1.83. The van der Waals surface area contributed by atoms with Crippen LogP contribution >= 0.6 is 0 Å². The fourth-order valence-corrected chi connectivity index (χ4v) is 0.550. The lowest BCUT2D eigenvalue weighted by atomic mass is 10.5. The van der Waals surface area contributed by atoms with Gasteiger partial charge in [-0.3, -0.25) is 5.01 Å². The Labute approximate surface area is 67.4 Å². The van der Waals surface area contributed by atoms with Crippen LogP contribution in [0.3, 0.4) is 0 Å². The predicted octanol–water partition coefficient (Wildman–Crippen LogP) is 1.65. The fraction of sp³-hybridized carbons (Fsp3) is 0.250. The lowest BCUT2D eigenvalue weighted by Crippen LogP contribution is -2.17. The minimum Gasteiger partial charge on any atom is -0.252 e. The van der Waals surface area contributed by atoms with Crippen LogP contribution in [0.1, 0.15) is 6.92 Å². The lowest BCUT2D eigenvalue weighted by molar-refractivity contribution is 0.553. The van der Waals surface area contributed by atoms with E-state index in [-0.39, 0.29) is 0 Å². The molecule has 0 aliphatic heterocycles. The van der Waals surface area contributed by atoms with E-state index in [0.717, 1.165) is 5.84 Å². The molecule has 11 heavy (non-hydrogen) atoms. The number of nitrogens with zero attached hydrogens (tertiary/aromatic N) is 3. The Morgan fingerprint density at radius 1 is 1.55 bits per heavy atom. The molecular formula is C8H13N3. The largest absolute Gasteiger partial charge is 0.252 e. The molecule has 0 aromatic carbocycles. The van der Waals surface area contributed by atoms with E-state index in [1.54, 1.807) is 12.1 Å². The molecule has 3 heteroatoms. The van der Waals surface area contributed by atoms with Crippen LogP contribution in [0.5, 0.6) is 0 Å². The zero-order valence-corrected chi connectivity index (χ0v) is 6.99. The number of hydrazone groups is 1. The van der Waals surface area contributed by atoms with Crippen LogP contribution < -0.4 is 0 Å². The van der Waals surface area contributed by atoms with Gasteiger partial charge in [0.15, 0.2) is 0 Å². The molecule has 0 spiro atoms. The van der Waals surface area contributed by atoms with Gasteiger partial charge in [-0.2, -0.15) is 5.10 Å². The Bertz CT molecular complexity index is 192. The van der Waals surface area contributed by atoms with Gasteiger partial charge in [-0.05, 0) is 13.0 Å². The van der Waals surface area contributed by atoms with Gasteiger partial charge in [0.1, 0.15) is 5.84 Å². The Kier molecular flexibility index (Phi) is 4.73. The minimum absolute atomic E-state index is 0.720. The molecule has 0 saturated carbocycles. The van der Waals surface area contributed by atoms with Crippen molar-refractivity contribution in [1.82, 2.24) is 5.01 Å². The van der Waals surface area contributed by atoms with E-state index in [1.807, 2.05) is 19.1 Å². The second-order valence-electron chi connectivity index (χ2n) is 1.83.